The summed E-state index contributed by atoms with van der Waals surface area (Å²) in [7, 11) is 0. The largest absolute Gasteiger partial charge is 0.382 e. The van der Waals surface area contributed by atoms with E-state index in [1.54, 1.807) is 0 Å². The van der Waals surface area contributed by atoms with Crippen molar-refractivity contribution in [3.8, 4) is 0 Å². The van der Waals surface area contributed by atoms with Crippen LogP contribution in [-0.2, 0) is 22.5 Å². The van der Waals surface area contributed by atoms with Crippen LogP contribution in [0.5, 0.6) is 0 Å². The fourth-order valence-electron chi connectivity index (χ4n) is 3.15. The number of carbonyl (C=O) groups is 1. The summed E-state index contributed by atoms with van der Waals surface area (Å²) in [5.41, 5.74) is 2.65. The summed E-state index contributed by atoms with van der Waals surface area (Å²) in [5.74, 6) is 1.04. The van der Waals surface area contributed by atoms with Crippen LogP contribution in [0.4, 0.5) is 0 Å². The first-order valence-electron chi connectivity index (χ1n) is 10.2. The number of rotatable bonds is 10. The van der Waals surface area contributed by atoms with Gasteiger partial charge in [0.25, 0.3) is 0 Å². The van der Waals surface area contributed by atoms with Crippen molar-refractivity contribution >= 4 is 35.8 Å². The molecule has 2 rings (SSSR count). The summed E-state index contributed by atoms with van der Waals surface area (Å²) in [6, 6.07) is 8.40. The number of ether oxygens (including phenoxy) is 1. The highest BCUT2D eigenvalue weighted by Crippen LogP contribution is 2.19. The van der Waals surface area contributed by atoms with E-state index in [-0.39, 0.29) is 29.9 Å². The molecule has 0 saturated carbocycles. The highest BCUT2D eigenvalue weighted by Gasteiger charge is 2.19. The fourth-order valence-corrected chi connectivity index (χ4v) is 3.15. The summed E-state index contributed by atoms with van der Waals surface area (Å²) in [5, 5.41) is 6.54. The van der Waals surface area contributed by atoms with Gasteiger partial charge in [-0.05, 0) is 44.2 Å². The maximum absolute atomic E-state index is 12.5. The molecule has 0 fully saturated rings. The number of hydrogen-bond acceptors (Lipinski definition) is 3. The minimum Gasteiger partial charge on any atom is -0.382 e. The van der Waals surface area contributed by atoms with Crippen molar-refractivity contribution in [3.05, 3.63) is 35.4 Å². The number of amides is 1. The van der Waals surface area contributed by atoms with Crippen molar-refractivity contribution < 1.29 is 9.53 Å². The van der Waals surface area contributed by atoms with Crippen LogP contribution in [0.1, 0.15) is 44.2 Å². The molecule has 1 aromatic rings. The molecule has 6 nitrogen and oxygen atoms in total. The lowest BCUT2D eigenvalue weighted by atomic mass is 9.99. The standard InChI is InChI=1S/C21H34N4O2.HI/c1-3-22-21(24-14-8-16-27-4-2)23-13-7-11-20(26)25-15-12-18-9-5-6-10-19(18)17-25;/h5-6,9-10H,3-4,7-8,11-17H2,1-2H3,(H2,22,23,24);1H. The predicted molar refractivity (Wildman–Crippen MR) is 125 cm³/mol. The van der Waals surface area contributed by atoms with Crippen LogP contribution in [-0.4, -0.2) is 56.2 Å². The Hall–Kier alpha value is -1.35. The highest BCUT2D eigenvalue weighted by atomic mass is 127. The first kappa shape index (κ1) is 24.7. The Morgan fingerprint density at radius 3 is 2.71 bits per heavy atom. The normalized spacial score (nSPS) is 13.5. The monoisotopic (exact) mass is 502 g/mol. The molecule has 1 heterocycles. The van der Waals surface area contributed by atoms with E-state index in [0.717, 1.165) is 64.6 Å². The summed E-state index contributed by atoms with van der Waals surface area (Å²) in [6.07, 6.45) is 3.23. The second-order valence-electron chi connectivity index (χ2n) is 6.68. The highest BCUT2D eigenvalue weighted by molar-refractivity contribution is 14.0. The van der Waals surface area contributed by atoms with Gasteiger partial charge < -0.3 is 20.3 Å². The van der Waals surface area contributed by atoms with E-state index in [1.807, 2.05) is 17.9 Å². The van der Waals surface area contributed by atoms with Crippen molar-refractivity contribution in [2.24, 2.45) is 4.99 Å². The molecule has 0 unspecified atom stereocenters. The number of hydrogen-bond donors (Lipinski definition) is 2. The minimum atomic E-state index is 0. The van der Waals surface area contributed by atoms with Crippen LogP contribution >= 0.6 is 24.0 Å². The van der Waals surface area contributed by atoms with Crippen LogP contribution in [0, 0.1) is 0 Å². The van der Waals surface area contributed by atoms with Crippen molar-refractivity contribution in [2.45, 2.75) is 46.1 Å². The second-order valence-corrected chi connectivity index (χ2v) is 6.68. The number of aliphatic imine (C=N–C) groups is 1. The number of guanidine groups is 1. The molecule has 1 aliphatic heterocycles. The molecule has 0 spiro atoms. The zero-order valence-corrected chi connectivity index (χ0v) is 19.5. The molecule has 1 aromatic carbocycles. The average Bonchev–Trinajstić information content (AvgIpc) is 2.70. The molecular formula is C21H35IN4O2. The van der Waals surface area contributed by atoms with Gasteiger partial charge in [-0.1, -0.05) is 24.3 Å². The van der Waals surface area contributed by atoms with Crippen LogP contribution in [0.2, 0.25) is 0 Å². The molecule has 2 N–H and O–H groups in total. The number of fused-ring (bicyclic) bond motifs is 1. The maximum atomic E-state index is 12.5. The summed E-state index contributed by atoms with van der Waals surface area (Å²) in [6.45, 7) is 9.43. The Kier molecular flexibility index (Phi) is 12.9. The zero-order valence-electron chi connectivity index (χ0n) is 17.2. The molecule has 158 valence electrons. The Balaban J connectivity index is 0.00000392. The zero-order chi connectivity index (χ0) is 19.3. The molecule has 28 heavy (non-hydrogen) atoms. The Morgan fingerprint density at radius 1 is 1.18 bits per heavy atom. The maximum Gasteiger partial charge on any atom is 0.222 e. The molecule has 0 atom stereocenters. The van der Waals surface area contributed by atoms with Crippen molar-refractivity contribution in [1.82, 2.24) is 15.5 Å². The van der Waals surface area contributed by atoms with Crippen LogP contribution in [0.25, 0.3) is 0 Å². The second kappa shape index (κ2) is 14.6. The van der Waals surface area contributed by atoms with Crippen LogP contribution in [0.15, 0.2) is 29.3 Å². The molecule has 0 aliphatic carbocycles. The van der Waals surface area contributed by atoms with Gasteiger partial charge in [-0.2, -0.15) is 0 Å². The van der Waals surface area contributed by atoms with Gasteiger partial charge in [0.15, 0.2) is 5.96 Å². The van der Waals surface area contributed by atoms with Gasteiger partial charge in [0.2, 0.25) is 5.91 Å². The molecule has 0 radical (unpaired) electrons. The minimum absolute atomic E-state index is 0. The van der Waals surface area contributed by atoms with Gasteiger partial charge >= 0.3 is 0 Å². The fraction of sp³-hybridized carbons (Fsp3) is 0.619. The van der Waals surface area contributed by atoms with Gasteiger partial charge in [0.1, 0.15) is 0 Å². The van der Waals surface area contributed by atoms with Gasteiger partial charge in [0.05, 0.1) is 0 Å². The van der Waals surface area contributed by atoms with E-state index in [1.165, 1.54) is 11.1 Å². The van der Waals surface area contributed by atoms with Gasteiger partial charge in [0, 0.05) is 52.4 Å². The number of carbonyl (C=O) groups excluding carboxylic acids is 1. The predicted octanol–water partition coefficient (Wildman–Crippen LogP) is 2.95. The third-order valence-corrected chi connectivity index (χ3v) is 4.61. The van der Waals surface area contributed by atoms with E-state index in [0.29, 0.717) is 13.0 Å². The third-order valence-electron chi connectivity index (χ3n) is 4.61. The molecule has 7 heteroatoms. The molecule has 1 amide bonds. The SMILES string of the molecule is CCNC(=NCCCC(=O)N1CCc2ccccc2C1)NCCCOCC.I. The van der Waals surface area contributed by atoms with Crippen molar-refractivity contribution in [1.29, 1.82) is 0 Å². The van der Waals surface area contributed by atoms with E-state index in [9.17, 15) is 4.79 Å². The first-order valence-corrected chi connectivity index (χ1v) is 10.2. The van der Waals surface area contributed by atoms with Gasteiger partial charge in [-0.15, -0.1) is 24.0 Å². The third kappa shape index (κ3) is 8.77. The van der Waals surface area contributed by atoms with Crippen molar-refractivity contribution in [3.63, 3.8) is 0 Å². The molecule has 1 aliphatic rings. The lowest BCUT2D eigenvalue weighted by molar-refractivity contribution is -0.132. The summed E-state index contributed by atoms with van der Waals surface area (Å²) in [4.78, 5) is 19.0. The topological polar surface area (TPSA) is 66.0 Å². The van der Waals surface area contributed by atoms with E-state index in [4.69, 9.17) is 4.74 Å². The smallest absolute Gasteiger partial charge is 0.222 e. The quantitative estimate of drug-likeness (QED) is 0.224. The molecule has 0 bridgehead atoms. The first-order chi connectivity index (χ1) is 13.2. The van der Waals surface area contributed by atoms with Gasteiger partial charge in [-0.3, -0.25) is 9.79 Å². The number of nitrogens with one attached hydrogen (secondary N) is 2. The number of halogens is 1. The lowest BCUT2D eigenvalue weighted by Gasteiger charge is -2.28. The molecular weight excluding hydrogens is 467 g/mol. The van der Waals surface area contributed by atoms with Crippen LogP contribution in [0.3, 0.4) is 0 Å². The van der Waals surface area contributed by atoms with E-state index >= 15 is 0 Å². The van der Waals surface area contributed by atoms with Crippen LogP contribution < -0.4 is 10.6 Å². The number of benzene rings is 1. The Labute approximate surface area is 186 Å². The van der Waals surface area contributed by atoms with E-state index in [2.05, 4.69) is 40.7 Å². The molecule has 0 saturated heterocycles. The Morgan fingerprint density at radius 2 is 1.96 bits per heavy atom. The summed E-state index contributed by atoms with van der Waals surface area (Å²) < 4.78 is 5.34. The lowest BCUT2D eigenvalue weighted by Crippen LogP contribution is -2.38. The van der Waals surface area contributed by atoms with E-state index < -0.39 is 0 Å². The summed E-state index contributed by atoms with van der Waals surface area (Å²) >= 11 is 0. The molecule has 0 aromatic heterocycles. The van der Waals surface area contributed by atoms with Gasteiger partial charge in [-0.25, -0.2) is 0 Å². The Bertz CT molecular complexity index is 610. The van der Waals surface area contributed by atoms with Crippen molar-refractivity contribution in [2.75, 3.05) is 39.4 Å². The number of nitrogens with zero attached hydrogens (tertiary/aromatic N) is 2. The average molecular weight is 502 g/mol.